The smallest absolute Gasteiger partial charge is 0.748 e. The van der Waals surface area contributed by atoms with Gasteiger partial charge < -0.3 is 4.55 Å². The Morgan fingerprint density at radius 3 is 1.61 bits per heavy atom. The minimum absolute atomic E-state index is 0. The summed E-state index contributed by atoms with van der Waals surface area (Å²) in [5.41, 5.74) is 0. The van der Waals surface area contributed by atoms with Crippen LogP contribution in [0, 0.1) is 0 Å². The molecule has 0 bridgehead atoms. The molecule has 0 fully saturated rings. The molecular weight excluding hydrogens is 257 g/mol. The van der Waals surface area contributed by atoms with E-state index in [0.717, 1.165) is 38.5 Å². The van der Waals surface area contributed by atoms with Crippen molar-refractivity contribution < 1.29 is 40.6 Å². The predicted octanol–water partition coefficient (Wildman–Crippen LogP) is 0.312. The summed E-state index contributed by atoms with van der Waals surface area (Å²) < 4.78 is 54.4. The average Bonchev–Trinajstić information content (AvgIpc) is 2.18. The second kappa shape index (κ2) is 12.4. The molecule has 0 amide bonds. The van der Waals surface area contributed by atoms with E-state index in [1.54, 1.807) is 0 Å². The Bertz CT molecular complexity index is 271. The number of rotatable bonds is 11. The van der Waals surface area contributed by atoms with Crippen LogP contribution in [0.15, 0.2) is 0 Å². The summed E-state index contributed by atoms with van der Waals surface area (Å²) in [4.78, 5) is 0. The maximum absolute atomic E-state index is 11.8. The molecule has 0 rings (SSSR count). The minimum atomic E-state index is -4.06. The number of halogens is 2. The van der Waals surface area contributed by atoms with Crippen LogP contribution in [0.3, 0.4) is 0 Å². The van der Waals surface area contributed by atoms with Gasteiger partial charge >= 0.3 is 18.9 Å². The van der Waals surface area contributed by atoms with E-state index in [4.69, 9.17) is 0 Å². The molecule has 18 heavy (non-hydrogen) atoms. The van der Waals surface area contributed by atoms with E-state index in [1.807, 2.05) is 0 Å². The molecule has 0 saturated heterocycles. The number of unbranched alkanes of at least 4 members (excludes halogenated alkanes) is 7. The van der Waals surface area contributed by atoms with Crippen molar-refractivity contribution in [2.75, 3.05) is 5.75 Å². The third kappa shape index (κ3) is 18.7. The van der Waals surface area contributed by atoms with Crippen LogP contribution in [0.5, 0.6) is 0 Å². The fourth-order valence-electron chi connectivity index (χ4n) is 1.64. The van der Waals surface area contributed by atoms with Gasteiger partial charge in [-0.2, -0.15) is 0 Å². The van der Waals surface area contributed by atoms with E-state index in [9.17, 15) is 21.8 Å². The van der Waals surface area contributed by atoms with Crippen LogP contribution < -0.4 is 18.9 Å². The van der Waals surface area contributed by atoms with Gasteiger partial charge in [0.05, 0.1) is 10.1 Å². The van der Waals surface area contributed by atoms with Crippen molar-refractivity contribution in [3.63, 3.8) is 0 Å². The van der Waals surface area contributed by atoms with Gasteiger partial charge in [-0.1, -0.05) is 38.5 Å². The molecule has 0 N–H and O–H groups in total. The van der Waals surface area contributed by atoms with Gasteiger partial charge in [0, 0.05) is 12.2 Å². The van der Waals surface area contributed by atoms with Crippen molar-refractivity contribution >= 4 is 10.1 Å². The Labute approximate surface area is 121 Å². The van der Waals surface area contributed by atoms with Crippen LogP contribution in [0.1, 0.15) is 57.8 Å². The molecule has 0 aliphatic carbocycles. The quantitative estimate of drug-likeness (QED) is 0.310. The second-order valence-corrected chi connectivity index (χ2v) is 5.79. The second-order valence-electron chi connectivity index (χ2n) is 4.27. The van der Waals surface area contributed by atoms with Crippen molar-refractivity contribution in [1.82, 2.24) is 0 Å². The monoisotopic (exact) mass is 278 g/mol. The number of alkyl halides is 2. The SMILES string of the molecule is O=S(=O)([O-])CCCCCCCCCCC(F)F.[Li+]. The zero-order chi connectivity index (χ0) is 13.1. The van der Waals surface area contributed by atoms with Crippen LogP contribution in [0.4, 0.5) is 8.78 Å². The van der Waals surface area contributed by atoms with E-state index in [-0.39, 0.29) is 31.0 Å². The van der Waals surface area contributed by atoms with Gasteiger partial charge in [0.2, 0.25) is 6.43 Å². The standard InChI is InChI=1S/C11H22F2O3S.Li/c12-11(13)9-7-5-3-1-2-4-6-8-10-17(14,15)16;/h11H,1-10H2,(H,14,15,16);/q;+1/p-1. The summed E-state index contributed by atoms with van der Waals surface area (Å²) >= 11 is 0. The summed E-state index contributed by atoms with van der Waals surface area (Å²) in [5.74, 6) is -0.276. The van der Waals surface area contributed by atoms with Crippen molar-refractivity contribution in [1.29, 1.82) is 0 Å². The van der Waals surface area contributed by atoms with Crippen molar-refractivity contribution in [2.45, 2.75) is 64.2 Å². The normalized spacial score (nSPS) is 11.6. The van der Waals surface area contributed by atoms with Crippen molar-refractivity contribution in [3.05, 3.63) is 0 Å². The molecule has 0 atom stereocenters. The third-order valence-electron chi connectivity index (χ3n) is 2.57. The molecule has 0 aromatic rings. The van der Waals surface area contributed by atoms with E-state index in [0.29, 0.717) is 12.8 Å². The zero-order valence-electron chi connectivity index (χ0n) is 11.0. The third-order valence-corrected chi connectivity index (χ3v) is 3.36. The minimum Gasteiger partial charge on any atom is -0.748 e. The molecule has 3 nitrogen and oxygen atoms in total. The molecule has 0 aromatic heterocycles. The molecule has 0 aromatic carbocycles. The Hall–Kier alpha value is 0.367. The Morgan fingerprint density at radius 1 is 0.833 bits per heavy atom. The van der Waals surface area contributed by atoms with Crippen LogP contribution in [-0.2, 0) is 10.1 Å². The fourth-order valence-corrected chi connectivity index (χ4v) is 2.20. The Morgan fingerprint density at radius 2 is 1.22 bits per heavy atom. The van der Waals surface area contributed by atoms with Crippen LogP contribution in [0.2, 0.25) is 0 Å². The Balaban J connectivity index is 0. The molecule has 0 aliphatic heterocycles. The van der Waals surface area contributed by atoms with Crippen LogP contribution in [0.25, 0.3) is 0 Å². The number of hydrogen-bond donors (Lipinski definition) is 0. The summed E-state index contributed by atoms with van der Waals surface area (Å²) in [5, 5.41) is 0. The molecular formula is C11H21F2LiO3S. The van der Waals surface area contributed by atoms with Gasteiger partial charge in [0.15, 0.2) is 0 Å². The molecule has 0 saturated carbocycles. The molecule has 0 unspecified atom stereocenters. The average molecular weight is 278 g/mol. The maximum Gasteiger partial charge on any atom is 1.00 e. The first-order chi connectivity index (χ1) is 7.92. The first-order valence-electron chi connectivity index (χ1n) is 6.13. The van der Waals surface area contributed by atoms with E-state index < -0.39 is 16.5 Å². The van der Waals surface area contributed by atoms with E-state index in [2.05, 4.69) is 0 Å². The summed E-state index contributed by atoms with van der Waals surface area (Å²) in [7, 11) is -4.06. The van der Waals surface area contributed by atoms with E-state index >= 15 is 0 Å². The van der Waals surface area contributed by atoms with E-state index in [1.165, 1.54) is 0 Å². The topological polar surface area (TPSA) is 57.2 Å². The van der Waals surface area contributed by atoms with Gasteiger partial charge in [-0.25, -0.2) is 17.2 Å². The summed E-state index contributed by atoms with van der Waals surface area (Å²) in [6, 6.07) is 0. The van der Waals surface area contributed by atoms with Crippen molar-refractivity contribution in [2.24, 2.45) is 0 Å². The number of hydrogen-bond acceptors (Lipinski definition) is 3. The largest absolute Gasteiger partial charge is 1.00 e. The first-order valence-corrected chi connectivity index (χ1v) is 7.71. The first kappa shape index (κ1) is 20.7. The maximum atomic E-state index is 11.8. The fraction of sp³-hybridized carbons (Fsp3) is 1.00. The zero-order valence-corrected chi connectivity index (χ0v) is 11.9. The van der Waals surface area contributed by atoms with Gasteiger partial charge in [0.25, 0.3) is 0 Å². The predicted molar refractivity (Wildman–Crippen MR) is 62.1 cm³/mol. The van der Waals surface area contributed by atoms with Crippen LogP contribution in [-0.4, -0.2) is 25.1 Å². The van der Waals surface area contributed by atoms with Gasteiger partial charge in [-0.3, -0.25) is 0 Å². The summed E-state index contributed by atoms with van der Waals surface area (Å²) in [6.07, 6.45) is 4.21. The molecule has 0 radical (unpaired) electrons. The van der Waals surface area contributed by atoms with Gasteiger partial charge in [-0.05, 0) is 12.8 Å². The van der Waals surface area contributed by atoms with Gasteiger partial charge in [-0.15, -0.1) is 0 Å². The molecule has 0 aliphatic rings. The molecule has 104 valence electrons. The molecule has 0 heterocycles. The van der Waals surface area contributed by atoms with Crippen molar-refractivity contribution in [3.8, 4) is 0 Å². The van der Waals surface area contributed by atoms with Crippen LogP contribution >= 0.6 is 0 Å². The molecule has 7 heteroatoms. The van der Waals surface area contributed by atoms with Gasteiger partial charge in [0.1, 0.15) is 0 Å². The Kier molecular flexibility index (Phi) is 14.3. The summed E-state index contributed by atoms with van der Waals surface area (Å²) in [6.45, 7) is 0. The molecule has 0 spiro atoms.